The van der Waals surface area contributed by atoms with Crippen LogP contribution >= 0.6 is 0 Å². The van der Waals surface area contributed by atoms with Gasteiger partial charge in [-0.25, -0.2) is 10.9 Å². The number of para-hydroxylation sites is 1. The van der Waals surface area contributed by atoms with E-state index in [4.69, 9.17) is 10.5 Å². The van der Waals surface area contributed by atoms with E-state index in [1.807, 2.05) is 18.2 Å². The molecule has 0 amide bonds. The number of anilines is 1. The lowest BCUT2D eigenvalue weighted by molar-refractivity contribution is 0.305. The van der Waals surface area contributed by atoms with Gasteiger partial charge in [0.05, 0.1) is 12.6 Å². The van der Waals surface area contributed by atoms with Crippen LogP contribution in [0.4, 0.5) is 5.69 Å². The van der Waals surface area contributed by atoms with Gasteiger partial charge in [-0.05, 0) is 42.2 Å². The topological polar surface area (TPSA) is 59.3 Å². The summed E-state index contributed by atoms with van der Waals surface area (Å²) in [4.78, 5) is 0. The first-order valence-electron chi connectivity index (χ1n) is 9.36. The molecule has 2 unspecified atom stereocenters. The van der Waals surface area contributed by atoms with Gasteiger partial charge in [0.15, 0.2) is 0 Å². The fourth-order valence-corrected chi connectivity index (χ4v) is 3.32. The molecular weight excluding hydrogens is 310 g/mol. The second-order valence-corrected chi connectivity index (χ2v) is 6.74. The van der Waals surface area contributed by atoms with E-state index in [1.165, 1.54) is 24.8 Å². The van der Waals surface area contributed by atoms with Crippen LogP contribution in [0.5, 0.6) is 5.75 Å². The SMILES string of the molecule is CCCCCCOc1ccc(C2CC(c3ccccc3N)NN2)cc1. The van der Waals surface area contributed by atoms with Crippen LogP contribution in [0.2, 0.25) is 0 Å². The third-order valence-corrected chi connectivity index (χ3v) is 4.82. The Morgan fingerprint density at radius 2 is 1.72 bits per heavy atom. The molecule has 2 aromatic carbocycles. The van der Waals surface area contributed by atoms with Crippen molar-refractivity contribution in [2.75, 3.05) is 12.3 Å². The molecule has 0 bridgehead atoms. The summed E-state index contributed by atoms with van der Waals surface area (Å²) in [7, 11) is 0. The molecule has 4 heteroatoms. The normalized spacial score (nSPS) is 19.9. The Bertz CT molecular complexity index is 656. The van der Waals surface area contributed by atoms with E-state index in [-0.39, 0.29) is 12.1 Å². The van der Waals surface area contributed by atoms with E-state index in [2.05, 4.69) is 48.1 Å². The minimum atomic E-state index is 0.237. The Kier molecular flexibility index (Phi) is 6.31. The molecular formula is C21H29N3O. The Balaban J connectivity index is 1.52. The highest BCUT2D eigenvalue weighted by Gasteiger charge is 2.27. The second kappa shape index (κ2) is 8.88. The van der Waals surface area contributed by atoms with Gasteiger partial charge in [-0.15, -0.1) is 0 Å². The minimum absolute atomic E-state index is 0.237. The number of ether oxygens (including phenoxy) is 1. The fourth-order valence-electron chi connectivity index (χ4n) is 3.32. The molecule has 0 radical (unpaired) electrons. The van der Waals surface area contributed by atoms with Crippen LogP contribution in [0.25, 0.3) is 0 Å². The number of rotatable bonds is 8. The third kappa shape index (κ3) is 4.74. The average Bonchev–Trinajstić information content (AvgIpc) is 3.12. The molecule has 4 N–H and O–H groups in total. The molecule has 134 valence electrons. The van der Waals surface area contributed by atoms with E-state index in [1.54, 1.807) is 0 Å². The van der Waals surface area contributed by atoms with Gasteiger partial charge in [0, 0.05) is 11.7 Å². The van der Waals surface area contributed by atoms with E-state index in [9.17, 15) is 0 Å². The Hall–Kier alpha value is -2.04. The first-order valence-corrected chi connectivity index (χ1v) is 9.36. The number of hydrogen-bond acceptors (Lipinski definition) is 4. The summed E-state index contributed by atoms with van der Waals surface area (Å²) < 4.78 is 5.82. The number of hydrazine groups is 1. The van der Waals surface area contributed by atoms with Gasteiger partial charge in [0.2, 0.25) is 0 Å². The summed E-state index contributed by atoms with van der Waals surface area (Å²) >= 11 is 0. The Morgan fingerprint density at radius 1 is 0.960 bits per heavy atom. The second-order valence-electron chi connectivity index (χ2n) is 6.74. The molecule has 1 aliphatic heterocycles. The summed E-state index contributed by atoms with van der Waals surface area (Å²) in [5.74, 6) is 0.954. The Morgan fingerprint density at radius 3 is 2.48 bits per heavy atom. The molecule has 1 fully saturated rings. The van der Waals surface area contributed by atoms with Gasteiger partial charge >= 0.3 is 0 Å². The van der Waals surface area contributed by atoms with Crippen LogP contribution in [-0.2, 0) is 0 Å². The smallest absolute Gasteiger partial charge is 0.119 e. The van der Waals surface area contributed by atoms with Crippen molar-refractivity contribution in [1.82, 2.24) is 10.9 Å². The lowest BCUT2D eigenvalue weighted by Gasteiger charge is -2.13. The van der Waals surface area contributed by atoms with Crippen LogP contribution in [0, 0.1) is 0 Å². The maximum absolute atomic E-state index is 6.10. The molecule has 0 aliphatic carbocycles. The average molecular weight is 339 g/mol. The molecule has 1 aliphatic rings. The van der Waals surface area contributed by atoms with Crippen molar-refractivity contribution in [2.45, 2.75) is 51.1 Å². The minimum Gasteiger partial charge on any atom is -0.494 e. The van der Waals surface area contributed by atoms with Crippen molar-refractivity contribution >= 4 is 5.69 Å². The summed E-state index contributed by atoms with van der Waals surface area (Å²) in [6.45, 7) is 3.03. The fraction of sp³-hybridized carbons (Fsp3) is 0.429. The standard InChI is InChI=1S/C21H29N3O/c1-2-3-4-7-14-25-17-12-10-16(11-13-17)20-15-21(24-23-20)18-8-5-6-9-19(18)22/h5-6,8-13,20-21,23-24H,2-4,7,14-15,22H2,1H3. The van der Waals surface area contributed by atoms with Crippen LogP contribution in [0.1, 0.15) is 62.2 Å². The van der Waals surface area contributed by atoms with Crippen molar-refractivity contribution in [2.24, 2.45) is 0 Å². The molecule has 25 heavy (non-hydrogen) atoms. The van der Waals surface area contributed by atoms with Gasteiger partial charge in [-0.3, -0.25) is 0 Å². The zero-order chi connectivity index (χ0) is 17.5. The quantitative estimate of drug-likeness (QED) is 0.489. The molecule has 3 rings (SSSR count). The van der Waals surface area contributed by atoms with E-state index >= 15 is 0 Å². The number of nitrogens with one attached hydrogen (secondary N) is 2. The first-order chi connectivity index (χ1) is 12.3. The van der Waals surface area contributed by atoms with Crippen LogP contribution in [0.3, 0.4) is 0 Å². The number of hydrogen-bond donors (Lipinski definition) is 3. The van der Waals surface area contributed by atoms with Crippen molar-refractivity contribution in [3.63, 3.8) is 0 Å². The molecule has 2 atom stereocenters. The van der Waals surface area contributed by atoms with Gasteiger partial charge in [0.25, 0.3) is 0 Å². The van der Waals surface area contributed by atoms with Gasteiger partial charge in [0.1, 0.15) is 5.75 Å². The maximum atomic E-state index is 6.10. The number of nitrogens with two attached hydrogens (primary N) is 1. The van der Waals surface area contributed by atoms with Crippen molar-refractivity contribution < 1.29 is 4.74 Å². The number of nitrogen functional groups attached to an aromatic ring is 1. The van der Waals surface area contributed by atoms with Crippen molar-refractivity contribution in [3.8, 4) is 5.75 Å². The van der Waals surface area contributed by atoms with Crippen LogP contribution < -0.4 is 21.3 Å². The highest BCUT2D eigenvalue weighted by atomic mass is 16.5. The van der Waals surface area contributed by atoms with Gasteiger partial charge in [-0.2, -0.15) is 0 Å². The summed E-state index contributed by atoms with van der Waals surface area (Å²) in [5, 5.41) is 0. The molecule has 0 aromatic heterocycles. The van der Waals surface area contributed by atoms with Crippen molar-refractivity contribution in [3.05, 3.63) is 59.7 Å². The first kappa shape index (κ1) is 17.8. The lowest BCUT2D eigenvalue weighted by atomic mass is 9.97. The summed E-state index contributed by atoms with van der Waals surface area (Å²) in [6, 6.07) is 17.0. The summed E-state index contributed by atoms with van der Waals surface area (Å²) in [5.41, 5.74) is 16.1. The molecule has 0 spiro atoms. The maximum Gasteiger partial charge on any atom is 0.119 e. The van der Waals surface area contributed by atoms with E-state index in [0.29, 0.717) is 0 Å². The van der Waals surface area contributed by atoms with Gasteiger partial charge < -0.3 is 10.5 Å². The Labute approximate surface area is 150 Å². The third-order valence-electron chi connectivity index (χ3n) is 4.82. The molecule has 1 heterocycles. The zero-order valence-electron chi connectivity index (χ0n) is 15.0. The van der Waals surface area contributed by atoms with E-state index < -0.39 is 0 Å². The van der Waals surface area contributed by atoms with Crippen molar-refractivity contribution in [1.29, 1.82) is 0 Å². The molecule has 2 aromatic rings. The van der Waals surface area contributed by atoms with Crippen LogP contribution in [-0.4, -0.2) is 6.61 Å². The van der Waals surface area contributed by atoms with Gasteiger partial charge in [-0.1, -0.05) is 56.5 Å². The van der Waals surface area contributed by atoms with Crippen LogP contribution in [0.15, 0.2) is 48.5 Å². The highest BCUT2D eigenvalue weighted by Crippen LogP contribution is 2.33. The molecule has 0 saturated carbocycles. The summed E-state index contributed by atoms with van der Waals surface area (Å²) in [6.07, 6.45) is 5.90. The number of benzene rings is 2. The lowest BCUT2D eigenvalue weighted by Crippen LogP contribution is -2.27. The number of unbranched alkanes of at least 4 members (excludes halogenated alkanes) is 3. The monoisotopic (exact) mass is 339 g/mol. The highest BCUT2D eigenvalue weighted by molar-refractivity contribution is 5.48. The molecule has 1 saturated heterocycles. The van der Waals surface area contributed by atoms with E-state index in [0.717, 1.165) is 36.4 Å². The largest absolute Gasteiger partial charge is 0.494 e. The zero-order valence-corrected chi connectivity index (χ0v) is 15.0. The predicted molar refractivity (Wildman–Crippen MR) is 103 cm³/mol. The predicted octanol–water partition coefficient (Wildman–Crippen LogP) is 4.51. The molecule has 4 nitrogen and oxygen atoms in total.